The Morgan fingerprint density at radius 1 is 0.788 bits per heavy atom. The van der Waals surface area contributed by atoms with Gasteiger partial charge in [-0.15, -0.1) is 0 Å². The molecule has 5 nitrogen and oxygen atoms in total. The van der Waals surface area contributed by atoms with Crippen LogP contribution in [0.1, 0.15) is 133 Å². The van der Waals surface area contributed by atoms with Crippen LogP contribution in [0, 0.1) is 23.7 Å². The Bertz CT molecular complexity index is 1390. The number of benzene rings is 2. The molecule has 2 saturated carbocycles. The Morgan fingerprint density at radius 3 is 2.15 bits per heavy atom. The fourth-order valence-corrected chi connectivity index (χ4v) is 8.87. The van der Waals surface area contributed by atoms with E-state index in [1.54, 1.807) is 25.2 Å². The Labute approximate surface area is 316 Å². The van der Waals surface area contributed by atoms with Gasteiger partial charge in [-0.3, -0.25) is 0 Å². The largest absolute Gasteiger partial charge is 0.462 e. The van der Waals surface area contributed by atoms with E-state index in [0.717, 1.165) is 36.7 Å². The van der Waals surface area contributed by atoms with Crippen molar-refractivity contribution < 1.29 is 23.7 Å². The van der Waals surface area contributed by atoms with E-state index in [9.17, 15) is 4.79 Å². The SMILES string of the molecule is C=C(COC)COCOCC(COC(=O)C(=C)C)CC1CCC(C2CCC(c3ccc(-c4ccc(CCCCC)c(CC)c4)c(CC)c3)CC2)CC1. The summed E-state index contributed by atoms with van der Waals surface area (Å²) in [6.07, 6.45) is 18.7. The summed E-state index contributed by atoms with van der Waals surface area (Å²) < 4.78 is 22.2. The second-order valence-electron chi connectivity index (χ2n) is 16.0. The molecule has 0 aliphatic heterocycles. The van der Waals surface area contributed by atoms with Crippen molar-refractivity contribution in [3.8, 4) is 11.1 Å². The zero-order valence-corrected chi connectivity index (χ0v) is 33.4. The molecule has 1 unspecified atom stereocenters. The fourth-order valence-electron chi connectivity index (χ4n) is 8.87. The summed E-state index contributed by atoms with van der Waals surface area (Å²) in [7, 11) is 1.65. The normalized spacial score (nSPS) is 21.1. The summed E-state index contributed by atoms with van der Waals surface area (Å²) in [5.74, 6) is 2.84. The zero-order valence-electron chi connectivity index (χ0n) is 33.4. The van der Waals surface area contributed by atoms with Gasteiger partial charge in [-0.2, -0.15) is 0 Å². The van der Waals surface area contributed by atoms with E-state index >= 15 is 0 Å². The summed E-state index contributed by atoms with van der Waals surface area (Å²) >= 11 is 0. The third kappa shape index (κ3) is 13.0. The van der Waals surface area contributed by atoms with Gasteiger partial charge in [-0.05, 0) is 140 Å². The Hall–Kier alpha value is -2.73. The smallest absolute Gasteiger partial charge is 0.333 e. The molecule has 0 spiro atoms. The van der Waals surface area contributed by atoms with Crippen LogP contribution in [0.3, 0.4) is 0 Å². The summed E-state index contributed by atoms with van der Waals surface area (Å²) in [6, 6.07) is 14.7. The molecular weight excluding hydrogens is 645 g/mol. The van der Waals surface area contributed by atoms with Gasteiger partial charge in [0.15, 0.2) is 0 Å². The Kier molecular flexibility index (Phi) is 18.2. The molecule has 1 atom stereocenters. The molecule has 0 aromatic heterocycles. The molecular formula is C47H70O5. The molecule has 2 aromatic carbocycles. The molecule has 2 fully saturated rings. The quantitative estimate of drug-likeness (QED) is 0.0399. The predicted molar refractivity (Wildman–Crippen MR) is 216 cm³/mol. The monoisotopic (exact) mass is 715 g/mol. The van der Waals surface area contributed by atoms with E-state index < -0.39 is 0 Å². The number of carbonyl (C=O) groups is 1. The molecule has 0 N–H and O–H groups in total. The molecule has 4 rings (SSSR count). The van der Waals surface area contributed by atoms with Crippen molar-refractivity contribution in [3.05, 3.63) is 83.0 Å². The number of hydrogen-bond acceptors (Lipinski definition) is 5. The van der Waals surface area contributed by atoms with Gasteiger partial charge in [0.1, 0.15) is 6.79 Å². The topological polar surface area (TPSA) is 54.0 Å². The Morgan fingerprint density at radius 2 is 1.50 bits per heavy atom. The first kappa shape index (κ1) is 42.0. The van der Waals surface area contributed by atoms with Crippen LogP contribution < -0.4 is 0 Å². The van der Waals surface area contributed by atoms with Crippen LogP contribution in [0.4, 0.5) is 0 Å². The first-order chi connectivity index (χ1) is 25.3. The van der Waals surface area contributed by atoms with Gasteiger partial charge in [0.05, 0.1) is 26.4 Å². The van der Waals surface area contributed by atoms with Gasteiger partial charge in [0.25, 0.3) is 0 Å². The van der Waals surface area contributed by atoms with Crippen LogP contribution in [0.15, 0.2) is 60.7 Å². The molecule has 2 aliphatic carbocycles. The number of unbranched alkanes of at least 4 members (excludes halogenated alkanes) is 2. The third-order valence-corrected chi connectivity index (χ3v) is 11.9. The fraction of sp³-hybridized carbons (Fsp3) is 0.638. The Balaban J connectivity index is 1.25. The summed E-state index contributed by atoms with van der Waals surface area (Å²) in [5, 5.41) is 0. The number of methoxy groups -OCH3 is 1. The molecule has 0 bridgehead atoms. The van der Waals surface area contributed by atoms with E-state index in [1.807, 2.05) is 0 Å². The maximum Gasteiger partial charge on any atom is 0.333 e. The minimum atomic E-state index is -0.327. The molecule has 0 amide bonds. The first-order valence-corrected chi connectivity index (χ1v) is 20.6. The number of hydrogen-bond donors (Lipinski definition) is 0. The minimum absolute atomic E-state index is 0.147. The first-order valence-electron chi connectivity index (χ1n) is 20.6. The lowest BCUT2D eigenvalue weighted by Gasteiger charge is -2.38. The highest BCUT2D eigenvalue weighted by atomic mass is 16.7. The second kappa shape index (κ2) is 22.5. The van der Waals surface area contributed by atoms with Gasteiger partial charge in [0.2, 0.25) is 0 Å². The molecule has 2 aromatic rings. The van der Waals surface area contributed by atoms with Crippen molar-refractivity contribution >= 4 is 5.97 Å². The third-order valence-electron chi connectivity index (χ3n) is 11.9. The summed E-state index contributed by atoms with van der Waals surface area (Å²) in [4.78, 5) is 12.1. The number of esters is 1. The number of aryl methyl sites for hydroxylation is 3. The van der Waals surface area contributed by atoms with Crippen molar-refractivity contribution in [2.24, 2.45) is 23.7 Å². The van der Waals surface area contributed by atoms with Crippen molar-refractivity contribution in [1.82, 2.24) is 0 Å². The van der Waals surface area contributed by atoms with Crippen molar-refractivity contribution in [3.63, 3.8) is 0 Å². The molecule has 0 radical (unpaired) electrons. The van der Waals surface area contributed by atoms with Gasteiger partial charge in [-0.1, -0.05) is 96.0 Å². The number of carbonyl (C=O) groups excluding carboxylic acids is 1. The lowest BCUT2D eigenvalue weighted by Crippen LogP contribution is -2.28. The van der Waals surface area contributed by atoms with Crippen LogP contribution in [-0.4, -0.2) is 46.3 Å². The van der Waals surface area contributed by atoms with E-state index in [0.29, 0.717) is 43.8 Å². The highest BCUT2D eigenvalue weighted by Crippen LogP contribution is 2.45. The van der Waals surface area contributed by atoms with Gasteiger partial charge in [0, 0.05) is 18.6 Å². The van der Waals surface area contributed by atoms with Crippen LogP contribution in [0.2, 0.25) is 0 Å². The zero-order chi connectivity index (χ0) is 37.3. The highest BCUT2D eigenvalue weighted by Gasteiger charge is 2.32. The van der Waals surface area contributed by atoms with Crippen LogP contribution >= 0.6 is 0 Å². The van der Waals surface area contributed by atoms with Crippen LogP contribution in [0.5, 0.6) is 0 Å². The molecule has 2 aliphatic rings. The number of rotatable bonds is 22. The van der Waals surface area contributed by atoms with Crippen molar-refractivity contribution in [2.45, 2.75) is 130 Å². The standard InChI is InChI=1S/C47H70O5/c1-8-11-12-13-40-22-23-45(27-38(40)9-2)46-25-24-44(28-39(46)10-3)43-20-18-42(19-21-43)41-16-14-36(15-17-41)26-37(32-52-47(48)34(4)5)31-51-33-50-30-35(6)29-49-7/h22-25,27-28,36-37,41-43H,4,6,8-21,26,29-33H2,1-3,5,7H3. The maximum absolute atomic E-state index is 12.1. The van der Waals surface area contributed by atoms with Gasteiger partial charge < -0.3 is 18.9 Å². The van der Waals surface area contributed by atoms with Crippen LogP contribution in [0.25, 0.3) is 11.1 Å². The average molecular weight is 715 g/mol. The molecule has 288 valence electrons. The summed E-state index contributed by atoms with van der Waals surface area (Å²) in [5.41, 5.74) is 10.2. The second-order valence-corrected chi connectivity index (χ2v) is 16.0. The number of ether oxygens (including phenoxy) is 4. The summed E-state index contributed by atoms with van der Waals surface area (Å²) in [6.45, 7) is 18.2. The van der Waals surface area contributed by atoms with E-state index in [4.69, 9.17) is 18.9 Å². The van der Waals surface area contributed by atoms with E-state index in [2.05, 4.69) is 70.3 Å². The van der Waals surface area contributed by atoms with E-state index in [-0.39, 0.29) is 18.7 Å². The van der Waals surface area contributed by atoms with E-state index in [1.165, 1.54) is 99.3 Å². The van der Waals surface area contributed by atoms with Crippen molar-refractivity contribution in [1.29, 1.82) is 0 Å². The predicted octanol–water partition coefficient (Wildman–Crippen LogP) is 11.6. The maximum atomic E-state index is 12.1. The highest BCUT2D eigenvalue weighted by molar-refractivity contribution is 5.86. The van der Waals surface area contributed by atoms with Crippen molar-refractivity contribution in [2.75, 3.05) is 40.3 Å². The minimum Gasteiger partial charge on any atom is -0.462 e. The lowest BCUT2D eigenvalue weighted by atomic mass is 9.67. The average Bonchev–Trinajstić information content (AvgIpc) is 3.17. The lowest BCUT2D eigenvalue weighted by molar-refractivity contribution is -0.142. The molecule has 5 heteroatoms. The van der Waals surface area contributed by atoms with Crippen LogP contribution in [-0.2, 0) is 43.0 Å². The van der Waals surface area contributed by atoms with Gasteiger partial charge >= 0.3 is 5.97 Å². The molecule has 0 heterocycles. The van der Waals surface area contributed by atoms with Gasteiger partial charge in [-0.25, -0.2) is 4.79 Å². The molecule has 0 saturated heterocycles. The molecule has 52 heavy (non-hydrogen) atoms.